The first-order chi connectivity index (χ1) is 23.3. The molecule has 10 atom stereocenters. The van der Waals surface area contributed by atoms with E-state index in [2.05, 4.69) is 22.5 Å². The highest BCUT2D eigenvalue weighted by Crippen LogP contribution is 2.60. The molecule has 5 heterocycles. The van der Waals surface area contributed by atoms with E-state index in [1.807, 2.05) is 52.0 Å². The number of aromatic nitrogens is 1. The summed E-state index contributed by atoms with van der Waals surface area (Å²) in [6.07, 6.45) is 3.39. The molecule has 5 aliphatic rings. The van der Waals surface area contributed by atoms with Gasteiger partial charge in [-0.2, -0.15) is 0 Å². The summed E-state index contributed by atoms with van der Waals surface area (Å²) >= 11 is 0. The van der Waals surface area contributed by atoms with Gasteiger partial charge in [0.2, 0.25) is 23.9 Å². The summed E-state index contributed by atoms with van der Waals surface area (Å²) in [6.45, 7) is 9.83. The highest BCUT2D eigenvalue weighted by Gasteiger charge is 2.69. The maximum absolute atomic E-state index is 13.3. The highest BCUT2D eigenvalue weighted by molar-refractivity contribution is 5.91. The Morgan fingerprint density at radius 3 is 2.55 bits per heavy atom. The van der Waals surface area contributed by atoms with E-state index in [9.17, 15) is 24.3 Å². The van der Waals surface area contributed by atoms with Crippen LogP contribution < -0.4 is 10.6 Å². The number of H-pyrrole nitrogens is 1. The highest BCUT2D eigenvalue weighted by atomic mass is 17.3. The van der Waals surface area contributed by atoms with Crippen molar-refractivity contribution in [2.45, 2.75) is 122 Å². The van der Waals surface area contributed by atoms with Crippen LogP contribution in [0, 0.1) is 29.6 Å². The third-order valence-corrected chi connectivity index (χ3v) is 11.0. The maximum atomic E-state index is 13.3. The lowest BCUT2D eigenvalue weighted by molar-refractivity contribution is -0.576. The Hall–Kier alpha value is -3.52. The first-order valence-electron chi connectivity index (χ1n) is 17.6. The quantitative estimate of drug-likeness (QED) is 0.186. The maximum Gasteiger partial charge on any atom is 0.326 e. The molecule has 5 fully saturated rings. The summed E-state index contributed by atoms with van der Waals surface area (Å²) in [5.41, 5.74) is 0.838. The minimum atomic E-state index is -1.21. The van der Waals surface area contributed by atoms with Crippen LogP contribution >= 0.6 is 0 Å². The molecule has 13 nitrogen and oxygen atoms in total. The average molecular weight is 684 g/mol. The monoisotopic (exact) mass is 683 g/mol. The molecule has 4 N–H and O–H groups in total. The van der Waals surface area contributed by atoms with Gasteiger partial charge in [0.05, 0.1) is 6.42 Å². The molecule has 13 heteroatoms. The van der Waals surface area contributed by atoms with Crippen molar-refractivity contribution in [2.24, 2.45) is 29.6 Å². The van der Waals surface area contributed by atoms with Gasteiger partial charge in [0.25, 0.3) is 0 Å². The predicted molar refractivity (Wildman–Crippen MR) is 175 cm³/mol. The van der Waals surface area contributed by atoms with E-state index in [1.54, 1.807) is 6.20 Å². The van der Waals surface area contributed by atoms with E-state index < -0.39 is 59.8 Å². The van der Waals surface area contributed by atoms with Gasteiger partial charge in [0.1, 0.15) is 12.1 Å². The SMILES string of the molecule is CC(C)C[C@H](NC(=O)CCC(=O)O[C@@H]1O[C@H]2O[C@@]3(C)CC[C@H]4[C@H](C)CC[C@H]([C@H]1C)[C@@]24OO3)C(=O)N[C@H](Cc1c[nH]c2ccccc12)C(=O)O. The van der Waals surface area contributed by atoms with Crippen LogP contribution in [0.5, 0.6) is 0 Å². The molecule has 49 heavy (non-hydrogen) atoms. The Kier molecular flexibility index (Phi) is 10.1. The van der Waals surface area contributed by atoms with Crippen LogP contribution in [0.15, 0.2) is 30.5 Å². The van der Waals surface area contributed by atoms with Gasteiger partial charge < -0.3 is 34.9 Å². The number of amides is 2. The lowest BCUT2D eigenvalue weighted by Crippen LogP contribution is -2.70. The Morgan fingerprint density at radius 1 is 1.02 bits per heavy atom. The van der Waals surface area contributed by atoms with Crippen molar-refractivity contribution < 1.29 is 48.3 Å². The molecule has 7 rings (SSSR count). The summed E-state index contributed by atoms with van der Waals surface area (Å²) in [5, 5.41) is 16.1. The van der Waals surface area contributed by atoms with Crippen LogP contribution in [0.1, 0.15) is 85.1 Å². The summed E-state index contributed by atoms with van der Waals surface area (Å²) in [4.78, 5) is 66.7. The van der Waals surface area contributed by atoms with E-state index in [-0.39, 0.29) is 49.4 Å². The average Bonchev–Trinajstić information content (AvgIpc) is 3.32. The van der Waals surface area contributed by atoms with Gasteiger partial charge in [0, 0.05) is 48.2 Å². The van der Waals surface area contributed by atoms with Crippen LogP contribution in [0.3, 0.4) is 0 Å². The predicted octanol–water partition coefficient (Wildman–Crippen LogP) is 4.34. The van der Waals surface area contributed by atoms with Crippen molar-refractivity contribution in [1.82, 2.24) is 15.6 Å². The topological polar surface area (TPSA) is 175 Å². The van der Waals surface area contributed by atoms with Crippen molar-refractivity contribution in [3.05, 3.63) is 36.0 Å². The molecule has 1 saturated carbocycles. The molecule has 4 aliphatic heterocycles. The molecular weight excluding hydrogens is 634 g/mol. The number of carboxylic acid groups (broad SMARTS) is 1. The molecule has 268 valence electrons. The summed E-state index contributed by atoms with van der Waals surface area (Å²) in [6, 6.07) is 5.32. The van der Waals surface area contributed by atoms with Gasteiger partial charge in [-0.05, 0) is 62.0 Å². The van der Waals surface area contributed by atoms with Crippen LogP contribution in [-0.2, 0) is 49.6 Å². The molecule has 2 bridgehead atoms. The van der Waals surface area contributed by atoms with Gasteiger partial charge in [-0.15, -0.1) is 0 Å². The molecule has 4 saturated heterocycles. The normalized spacial score (nSPS) is 33.3. The van der Waals surface area contributed by atoms with Crippen molar-refractivity contribution in [1.29, 1.82) is 0 Å². The van der Waals surface area contributed by atoms with Gasteiger partial charge in [-0.25, -0.2) is 14.6 Å². The number of carboxylic acids is 1. The largest absolute Gasteiger partial charge is 0.480 e. The number of nitrogens with one attached hydrogen (secondary N) is 3. The molecule has 2 amide bonds. The second kappa shape index (κ2) is 14.0. The number of hydrogen-bond donors (Lipinski definition) is 4. The Bertz CT molecular complexity index is 1560. The molecule has 0 unspecified atom stereocenters. The molecule has 0 radical (unpaired) electrons. The van der Waals surface area contributed by atoms with Gasteiger partial charge in [0.15, 0.2) is 11.9 Å². The van der Waals surface area contributed by atoms with Crippen LogP contribution in [0.25, 0.3) is 10.9 Å². The standard InChI is InChI=1S/C36H49N3O10/c1-19(2)16-27(31(42)39-28(32(43)44)17-22-18-37-26-9-7-6-8-23(22)26)38-29(40)12-13-30(41)45-33-21(4)25-11-10-20(3)24-14-15-35(5)47-34(46-33)36(24,25)49-48-35/h6-9,18-21,24-25,27-28,33-34,37H,10-17H2,1-5H3,(H,38,40)(H,39,42)(H,43,44)/t20-,21-,24+,25-,27+,28-,33-,34+,35-,36-/m1/s1. The number of esters is 1. The molecule has 1 spiro atoms. The van der Waals surface area contributed by atoms with Crippen molar-refractivity contribution in [3.63, 3.8) is 0 Å². The van der Waals surface area contributed by atoms with Crippen LogP contribution in [0.4, 0.5) is 0 Å². The smallest absolute Gasteiger partial charge is 0.326 e. The first kappa shape index (κ1) is 35.3. The Morgan fingerprint density at radius 2 is 1.80 bits per heavy atom. The second-order valence-corrected chi connectivity index (χ2v) is 15.0. The lowest BCUT2D eigenvalue weighted by Gasteiger charge is -2.59. The minimum Gasteiger partial charge on any atom is -0.480 e. The molecule has 1 aromatic carbocycles. The van der Waals surface area contributed by atoms with Crippen LogP contribution in [0.2, 0.25) is 0 Å². The third-order valence-electron chi connectivity index (χ3n) is 11.0. The third kappa shape index (κ3) is 7.08. The zero-order valence-electron chi connectivity index (χ0n) is 28.9. The minimum absolute atomic E-state index is 0.0166. The van der Waals surface area contributed by atoms with E-state index in [1.165, 1.54) is 0 Å². The fourth-order valence-electron chi connectivity index (χ4n) is 8.37. The lowest BCUT2D eigenvalue weighted by atomic mass is 9.58. The zero-order valence-corrected chi connectivity index (χ0v) is 28.9. The first-order valence-corrected chi connectivity index (χ1v) is 17.6. The van der Waals surface area contributed by atoms with E-state index in [4.69, 9.17) is 24.0 Å². The Balaban J connectivity index is 1.05. The summed E-state index contributed by atoms with van der Waals surface area (Å²) < 4.78 is 18.5. The Labute approximate surface area is 286 Å². The molecule has 1 aliphatic carbocycles. The number of aromatic amines is 1. The number of para-hydroxylation sites is 1. The number of carbonyl (C=O) groups is 4. The number of benzene rings is 1. The van der Waals surface area contributed by atoms with E-state index >= 15 is 0 Å². The number of hydrogen-bond acceptors (Lipinski definition) is 9. The molecule has 1 aromatic heterocycles. The van der Waals surface area contributed by atoms with Crippen molar-refractivity contribution in [3.8, 4) is 0 Å². The molecule has 2 aromatic rings. The number of aliphatic carboxylic acids is 1. The number of fused-ring (bicyclic) bond motifs is 3. The molecular formula is C36H49N3O10. The number of carbonyl (C=O) groups excluding carboxylic acids is 3. The zero-order chi connectivity index (χ0) is 35.1. The number of rotatable bonds is 12. The van der Waals surface area contributed by atoms with Gasteiger partial charge >= 0.3 is 11.9 Å². The van der Waals surface area contributed by atoms with Crippen molar-refractivity contribution in [2.75, 3.05) is 0 Å². The van der Waals surface area contributed by atoms with Gasteiger partial charge in [-0.1, -0.05) is 45.9 Å². The van der Waals surface area contributed by atoms with Crippen LogP contribution in [-0.4, -0.2) is 69.9 Å². The summed E-state index contributed by atoms with van der Waals surface area (Å²) in [7, 11) is 0. The summed E-state index contributed by atoms with van der Waals surface area (Å²) in [5.74, 6) is -3.50. The van der Waals surface area contributed by atoms with Gasteiger partial charge in [-0.3, -0.25) is 14.4 Å². The van der Waals surface area contributed by atoms with E-state index in [0.29, 0.717) is 12.3 Å². The van der Waals surface area contributed by atoms with Crippen molar-refractivity contribution >= 4 is 34.7 Å². The fraction of sp³-hybridized carbons (Fsp3) is 0.667. The second-order valence-electron chi connectivity index (χ2n) is 15.0. The number of ether oxygens (including phenoxy) is 3. The fourth-order valence-corrected chi connectivity index (χ4v) is 8.37. The van der Waals surface area contributed by atoms with E-state index in [0.717, 1.165) is 35.7 Å².